The second-order valence-corrected chi connectivity index (χ2v) is 4.60. The van der Waals surface area contributed by atoms with Crippen LogP contribution in [0.2, 0.25) is 0 Å². The summed E-state index contributed by atoms with van der Waals surface area (Å²) < 4.78 is 5.25. The van der Waals surface area contributed by atoms with E-state index in [1.807, 2.05) is 24.3 Å². The molecule has 0 aliphatic rings. The lowest BCUT2D eigenvalue weighted by atomic mass is 10.0. The Morgan fingerprint density at radius 1 is 0.952 bits per heavy atom. The monoisotopic (exact) mass is 286 g/mol. The van der Waals surface area contributed by atoms with E-state index in [-0.39, 0.29) is 19.0 Å². The van der Waals surface area contributed by atoms with E-state index in [2.05, 4.69) is 0 Å². The van der Waals surface area contributed by atoms with Gasteiger partial charge in [-0.15, -0.1) is 0 Å². The zero-order valence-electron chi connectivity index (χ0n) is 11.8. The summed E-state index contributed by atoms with van der Waals surface area (Å²) in [7, 11) is 1.53. The van der Waals surface area contributed by atoms with Gasteiger partial charge in [0.25, 0.3) is 0 Å². The fraction of sp³-hybridized carbons (Fsp3) is 0.176. The van der Waals surface area contributed by atoms with Crippen molar-refractivity contribution in [2.24, 2.45) is 0 Å². The summed E-state index contributed by atoms with van der Waals surface area (Å²) in [6.45, 7) is -0.339. The Bertz CT molecular complexity index is 605. The van der Waals surface area contributed by atoms with Crippen LogP contribution in [-0.4, -0.2) is 22.4 Å². The summed E-state index contributed by atoms with van der Waals surface area (Å²) in [6.07, 6.45) is 3.78. The Balaban J connectivity index is 2.33. The number of hydrogen-bond donors (Lipinski definition) is 3. The molecule has 21 heavy (non-hydrogen) atoms. The van der Waals surface area contributed by atoms with E-state index in [0.29, 0.717) is 16.9 Å². The van der Waals surface area contributed by atoms with Crippen LogP contribution in [0.3, 0.4) is 0 Å². The Morgan fingerprint density at radius 3 is 2.19 bits per heavy atom. The third-order valence-corrected chi connectivity index (χ3v) is 3.23. The van der Waals surface area contributed by atoms with Crippen LogP contribution >= 0.6 is 0 Å². The Kier molecular flexibility index (Phi) is 4.98. The maximum absolute atomic E-state index is 9.39. The summed E-state index contributed by atoms with van der Waals surface area (Å²) in [5, 5.41) is 28.0. The quantitative estimate of drug-likeness (QED) is 0.739. The van der Waals surface area contributed by atoms with Crippen LogP contribution in [0, 0.1) is 0 Å². The molecule has 2 aromatic rings. The Hall–Kier alpha value is -2.30. The van der Waals surface area contributed by atoms with Crippen molar-refractivity contribution in [3.8, 4) is 11.5 Å². The molecule has 3 N–H and O–H groups in total. The largest absolute Gasteiger partial charge is 0.508 e. The zero-order chi connectivity index (χ0) is 15.2. The van der Waals surface area contributed by atoms with Crippen molar-refractivity contribution in [3.05, 3.63) is 58.7 Å². The first-order valence-corrected chi connectivity index (χ1v) is 6.56. The maximum atomic E-state index is 9.39. The van der Waals surface area contributed by atoms with Crippen molar-refractivity contribution < 1.29 is 20.1 Å². The maximum Gasteiger partial charge on any atom is 0.125 e. The van der Waals surface area contributed by atoms with Crippen molar-refractivity contribution in [2.45, 2.75) is 13.2 Å². The summed E-state index contributed by atoms with van der Waals surface area (Å²) in [5.41, 5.74) is 3.05. The first kappa shape index (κ1) is 15.1. The predicted molar refractivity (Wildman–Crippen MR) is 81.9 cm³/mol. The summed E-state index contributed by atoms with van der Waals surface area (Å²) in [6, 6.07) is 10.5. The van der Waals surface area contributed by atoms with Gasteiger partial charge in [0.15, 0.2) is 0 Å². The van der Waals surface area contributed by atoms with E-state index in [1.165, 1.54) is 7.11 Å². The highest BCUT2D eigenvalue weighted by Gasteiger charge is 2.09. The van der Waals surface area contributed by atoms with Gasteiger partial charge in [0.1, 0.15) is 11.5 Å². The number of rotatable bonds is 5. The second-order valence-electron chi connectivity index (χ2n) is 4.60. The molecule has 0 amide bonds. The lowest BCUT2D eigenvalue weighted by Crippen LogP contribution is -1.99. The molecule has 0 heterocycles. The number of aromatic hydroxyl groups is 1. The Morgan fingerprint density at radius 2 is 1.62 bits per heavy atom. The lowest BCUT2D eigenvalue weighted by molar-refractivity contribution is 0.254. The van der Waals surface area contributed by atoms with Crippen LogP contribution in [0.5, 0.6) is 11.5 Å². The number of aliphatic hydroxyl groups excluding tert-OH is 2. The van der Waals surface area contributed by atoms with Gasteiger partial charge < -0.3 is 20.1 Å². The van der Waals surface area contributed by atoms with Gasteiger partial charge in [-0.05, 0) is 41.0 Å². The summed E-state index contributed by atoms with van der Waals surface area (Å²) in [4.78, 5) is 0. The van der Waals surface area contributed by atoms with Crippen LogP contribution in [0.1, 0.15) is 22.3 Å². The average Bonchev–Trinajstić information content (AvgIpc) is 2.53. The molecule has 0 bridgehead atoms. The van der Waals surface area contributed by atoms with E-state index < -0.39 is 0 Å². The van der Waals surface area contributed by atoms with Crippen LogP contribution < -0.4 is 4.74 Å². The highest BCUT2D eigenvalue weighted by molar-refractivity contribution is 5.71. The van der Waals surface area contributed by atoms with Gasteiger partial charge in [-0.3, -0.25) is 0 Å². The molecule has 2 aromatic carbocycles. The number of aliphatic hydroxyl groups is 2. The van der Waals surface area contributed by atoms with Crippen molar-refractivity contribution in [2.75, 3.05) is 7.11 Å². The van der Waals surface area contributed by atoms with Crippen LogP contribution in [0.15, 0.2) is 36.4 Å². The second kappa shape index (κ2) is 6.92. The highest BCUT2D eigenvalue weighted by Crippen LogP contribution is 2.26. The molecular weight excluding hydrogens is 268 g/mol. The molecule has 0 aliphatic heterocycles. The molecule has 0 unspecified atom stereocenters. The van der Waals surface area contributed by atoms with Gasteiger partial charge in [-0.25, -0.2) is 0 Å². The third-order valence-electron chi connectivity index (χ3n) is 3.23. The molecule has 0 fully saturated rings. The van der Waals surface area contributed by atoms with Crippen LogP contribution in [0.4, 0.5) is 0 Å². The third kappa shape index (κ3) is 3.62. The molecule has 2 rings (SSSR count). The molecule has 4 heteroatoms. The molecule has 4 nitrogen and oxygen atoms in total. The lowest BCUT2D eigenvalue weighted by Gasteiger charge is -2.12. The minimum Gasteiger partial charge on any atom is -0.508 e. The number of phenolic OH excluding ortho intramolecular Hbond substituents is 1. The number of phenols is 1. The van der Waals surface area contributed by atoms with Crippen molar-refractivity contribution in [3.63, 3.8) is 0 Å². The zero-order valence-corrected chi connectivity index (χ0v) is 11.8. The molecule has 0 radical (unpaired) electrons. The fourth-order valence-corrected chi connectivity index (χ4v) is 2.10. The topological polar surface area (TPSA) is 69.9 Å². The molecule has 0 aromatic heterocycles. The molecule has 0 spiro atoms. The Labute approximate surface area is 123 Å². The molecule has 0 atom stereocenters. The molecule has 110 valence electrons. The van der Waals surface area contributed by atoms with E-state index in [9.17, 15) is 15.3 Å². The van der Waals surface area contributed by atoms with Gasteiger partial charge in [0, 0.05) is 5.56 Å². The minimum absolute atomic E-state index is 0.160. The van der Waals surface area contributed by atoms with E-state index in [1.54, 1.807) is 24.3 Å². The number of ether oxygens (including phenoxy) is 1. The van der Waals surface area contributed by atoms with Gasteiger partial charge in [-0.2, -0.15) is 0 Å². The van der Waals surface area contributed by atoms with Crippen molar-refractivity contribution in [1.29, 1.82) is 0 Å². The fourth-order valence-electron chi connectivity index (χ4n) is 2.10. The van der Waals surface area contributed by atoms with E-state index >= 15 is 0 Å². The average molecular weight is 286 g/mol. The molecule has 0 aliphatic carbocycles. The van der Waals surface area contributed by atoms with Crippen molar-refractivity contribution in [1.82, 2.24) is 0 Å². The SMILES string of the molecule is COc1cc(/C=C\c2ccc(O)cc2)cc(CO)c1CO. The predicted octanol–water partition coefficient (Wildman–Crippen LogP) is 2.56. The standard InChI is InChI=1S/C17H18O4/c1-21-17-9-13(8-14(10-18)16(17)11-19)3-2-12-4-6-15(20)7-5-12/h2-9,18-20H,10-11H2,1H3/b3-2-. The minimum atomic E-state index is -0.180. The van der Waals surface area contributed by atoms with Crippen molar-refractivity contribution >= 4 is 12.2 Å². The first-order valence-electron chi connectivity index (χ1n) is 6.56. The summed E-state index contributed by atoms with van der Waals surface area (Å²) >= 11 is 0. The first-order chi connectivity index (χ1) is 10.2. The number of methoxy groups -OCH3 is 1. The van der Waals surface area contributed by atoms with Gasteiger partial charge >= 0.3 is 0 Å². The van der Waals surface area contributed by atoms with Gasteiger partial charge in [-0.1, -0.05) is 24.3 Å². The molecule has 0 saturated carbocycles. The van der Waals surface area contributed by atoms with E-state index in [4.69, 9.17) is 4.74 Å². The van der Waals surface area contributed by atoms with Gasteiger partial charge in [0.2, 0.25) is 0 Å². The smallest absolute Gasteiger partial charge is 0.125 e. The van der Waals surface area contributed by atoms with Crippen LogP contribution in [-0.2, 0) is 13.2 Å². The molecular formula is C17H18O4. The van der Waals surface area contributed by atoms with Gasteiger partial charge in [0.05, 0.1) is 20.3 Å². The number of benzene rings is 2. The molecule has 0 saturated heterocycles. The van der Waals surface area contributed by atoms with E-state index in [0.717, 1.165) is 11.1 Å². The number of hydrogen-bond acceptors (Lipinski definition) is 4. The normalized spacial score (nSPS) is 11.0. The highest BCUT2D eigenvalue weighted by atomic mass is 16.5. The summed E-state index contributed by atoms with van der Waals surface area (Å²) in [5.74, 6) is 0.776. The van der Waals surface area contributed by atoms with Crippen LogP contribution in [0.25, 0.3) is 12.2 Å².